The smallest absolute Gasteiger partial charge is 0.336 e. The molecule has 0 spiro atoms. The maximum absolute atomic E-state index is 13.1. The Morgan fingerprint density at radius 1 is 1.23 bits per heavy atom. The maximum Gasteiger partial charge on any atom is 0.336 e. The van der Waals surface area contributed by atoms with Crippen LogP contribution in [0.3, 0.4) is 0 Å². The van der Waals surface area contributed by atoms with Crippen LogP contribution in [-0.2, 0) is 16.0 Å². The predicted molar refractivity (Wildman–Crippen MR) is 149 cm³/mol. The highest BCUT2D eigenvalue weighted by molar-refractivity contribution is 7.98. The van der Waals surface area contributed by atoms with Gasteiger partial charge in [-0.2, -0.15) is 11.8 Å². The minimum atomic E-state index is -0.744. The van der Waals surface area contributed by atoms with E-state index in [0.717, 1.165) is 43.9 Å². The molecule has 0 radical (unpaired) electrons. The fourth-order valence-corrected chi connectivity index (χ4v) is 6.89. The Balaban J connectivity index is 1.63. The number of nitrogens with zero attached hydrogens (tertiary/aromatic N) is 3. The van der Waals surface area contributed by atoms with Crippen molar-refractivity contribution in [3.05, 3.63) is 35.9 Å². The lowest BCUT2D eigenvalue weighted by atomic mass is 9.72. The Kier molecular flexibility index (Phi) is 11.0. The second-order valence-corrected chi connectivity index (χ2v) is 11.7. The molecule has 1 fully saturated rings. The van der Waals surface area contributed by atoms with Gasteiger partial charge in [-0.25, -0.2) is 4.79 Å². The van der Waals surface area contributed by atoms with Crippen molar-refractivity contribution in [2.75, 3.05) is 39.8 Å². The van der Waals surface area contributed by atoms with Crippen LogP contribution in [0, 0.1) is 11.8 Å². The second-order valence-electron chi connectivity index (χ2n) is 10.7. The highest BCUT2D eigenvalue weighted by Crippen LogP contribution is 2.41. The van der Waals surface area contributed by atoms with E-state index in [9.17, 15) is 4.79 Å². The van der Waals surface area contributed by atoms with Gasteiger partial charge in [0.25, 0.3) is 0 Å². The number of rotatable bonds is 13. The third-order valence-corrected chi connectivity index (χ3v) is 8.94. The van der Waals surface area contributed by atoms with E-state index >= 15 is 0 Å². The second kappa shape index (κ2) is 13.7. The van der Waals surface area contributed by atoms with Gasteiger partial charge < -0.3 is 14.5 Å². The molecule has 1 aliphatic heterocycles. The fraction of sp³-hybridized carbons (Fsp3) is 0.724. The van der Waals surface area contributed by atoms with E-state index in [4.69, 9.17) is 9.73 Å². The van der Waals surface area contributed by atoms with Gasteiger partial charge in [0.1, 0.15) is 0 Å². The summed E-state index contributed by atoms with van der Waals surface area (Å²) in [5.74, 6) is 2.15. The van der Waals surface area contributed by atoms with Gasteiger partial charge in [-0.1, -0.05) is 50.1 Å². The van der Waals surface area contributed by atoms with E-state index in [2.05, 4.69) is 67.4 Å². The average Bonchev–Trinajstić information content (AvgIpc) is 3.21. The van der Waals surface area contributed by atoms with Crippen LogP contribution in [0.5, 0.6) is 0 Å². The van der Waals surface area contributed by atoms with E-state index in [-0.39, 0.29) is 12.0 Å². The molecule has 0 bridgehead atoms. The van der Waals surface area contributed by atoms with E-state index in [1.807, 2.05) is 6.34 Å². The highest BCUT2D eigenvalue weighted by Gasteiger charge is 2.52. The minimum absolute atomic E-state index is 0.117. The van der Waals surface area contributed by atoms with Gasteiger partial charge in [-0.05, 0) is 88.4 Å². The number of methoxy groups -OCH3 is 1. The average molecular weight is 502 g/mol. The molecule has 0 amide bonds. The molecule has 0 N–H and O–H groups in total. The molecule has 35 heavy (non-hydrogen) atoms. The number of esters is 1. The van der Waals surface area contributed by atoms with Crippen LogP contribution in [0.2, 0.25) is 0 Å². The lowest BCUT2D eigenvalue weighted by Crippen LogP contribution is -2.53. The molecule has 0 saturated heterocycles. The number of hydrogen-bond donors (Lipinski definition) is 0. The first-order chi connectivity index (χ1) is 16.9. The number of carbonyl (C=O) groups is 1. The van der Waals surface area contributed by atoms with Crippen molar-refractivity contribution >= 4 is 24.1 Å². The first-order valence-corrected chi connectivity index (χ1v) is 14.9. The molecule has 1 saturated carbocycles. The number of hydrogen-bond acceptors (Lipinski definition) is 6. The van der Waals surface area contributed by atoms with Crippen molar-refractivity contribution in [1.29, 1.82) is 0 Å². The number of thioether (sulfide) groups is 1. The van der Waals surface area contributed by atoms with E-state index in [1.54, 1.807) is 11.8 Å². The number of aryl methyl sites for hydroxylation is 1. The molecule has 1 aliphatic carbocycles. The van der Waals surface area contributed by atoms with Crippen molar-refractivity contribution in [2.24, 2.45) is 16.8 Å². The van der Waals surface area contributed by atoms with Crippen LogP contribution in [0.25, 0.3) is 0 Å². The predicted octanol–water partition coefficient (Wildman–Crippen LogP) is 5.53. The Hall–Kier alpha value is -1.53. The van der Waals surface area contributed by atoms with Gasteiger partial charge in [0.05, 0.1) is 19.5 Å². The summed E-state index contributed by atoms with van der Waals surface area (Å²) in [5.41, 5.74) is 0.695. The Morgan fingerprint density at radius 2 is 1.94 bits per heavy atom. The normalized spacial score (nSPS) is 27.4. The van der Waals surface area contributed by atoms with Gasteiger partial charge in [-0.3, -0.25) is 4.99 Å². The van der Waals surface area contributed by atoms with Crippen molar-refractivity contribution in [1.82, 2.24) is 9.80 Å². The topological polar surface area (TPSA) is 45.1 Å². The molecule has 0 aromatic heterocycles. The number of ether oxygens (including phenoxy) is 1. The van der Waals surface area contributed by atoms with Crippen LogP contribution in [0.4, 0.5) is 0 Å². The summed E-state index contributed by atoms with van der Waals surface area (Å²) in [6.45, 7) is 3.15. The van der Waals surface area contributed by atoms with E-state index in [0.29, 0.717) is 12.0 Å². The standard InChI is InChI=1S/C29H47N3O2S/c1-6-19-32-22-30-29(18-20-35-5,28(33)34-4)27(32)21-24-12-15-25(16-13-24)26(31(2)3)17-14-23-10-8-7-9-11-23/h7-11,22,24-27H,6,12-21H2,1-5H3. The minimum Gasteiger partial charge on any atom is -0.467 e. The van der Waals surface area contributed by atoms with Gasteiger partial charge in [0.2, 0.25) is 0 Å². The van der Waals surface area contributed by atoms with Crippen molar-refractivity contribution in [3.63, 3.8) is 0 Å². The van der Waals surface area contributed by atoms with Crippen LogP contribution in [0.15, 0.2) is 35.3 Å². The van der Waals surface area contributed by atoms with Crippen molar-refractivity contribution in [3.8, 4) is 0 Å². The molecule has 196 valence electrons. The van der Waals surface area contributed by atoms with Crippen molar-refractivity contribution < 1.29 is 9.53 Å². The zero-order chi connectivity index (χ0) is 25.3. The third-order valence-electron chi connectivity index (χ3n) is 8.32. The summed E-state index contributed by atoms with van der Waals surface area (Å²) in [6.07, 6.45) is 14.3. The monoisotopic (exact) mass is 501 g/mol. The molecule has 5 nitrogen and oxygen atoms in total. The summed E-state index contributed by atoms with van der Waals surface area (Å²) in [5, 5.41) is 0. The third kappa shape index (κ3) is 7.03. The summed E-state index contributed by atoms with van der Waals surface area (Å²) < 4.78 is 5.32. The summed E-state index contributed by atoms with van der Waals surface area (Å²) in [7, 11) is 6.01. The van der Waals surface area contributed by atoms with Crippen LogP contribution >= 0.6 is 11.8 Å². The van der Waals surface area contributed by atoms with E-state index in [1.165, 1.54) is 44.8 Å². The lowest BCUT2D eigenvalue weighted by molar-refractivity contribution is -0.148. The SMILES string of the molecule is CCCN1C=NC(CCSC)(C(=O)OC)C1CC1CCC(C(CCc2ccccc2)N(C)C)CC1. The largest absolute Gasteiger partial charge is 0.467 e. The molecule has 2 aliphatic rings. The van der Waals surface area contributed by atoms with Crippen LogP contribution in [-0.4, -0.2) is 79.5 Å². The molecule has 1 heterocycles. The molecular formula is C29H47N3O2S. The molecule has 1 aromatic carbocycles. The maximum atomic E-state index is 13.1. The zero-order valence-electron chi connectivity index (χ0n) is 22.6. The number of aliphatic imine (C=N–C) groups is 1. The number of benzene rings is 1. The Bertz CT molecular complexity index is 794. The van der Waals surface area contributed by atoms with Gasteiger partial charge in [-0.15, -0.1) is 0 Å². The number of carbonyl (C=O) groups excluding carboxylic acids is 1. The van der Waals surface area contributed by atoms with Crippen molar-refractivity contribution in [2.45, 2.75) is 82.3 Å². The van der Waals surface area contributed by atoms with Crippen LogP contribution < -0.4 is 0 Å². The summed E-state index contributed by atoms with van der Waals surface area (Å²) in [4.78, 5) is 22.7. The molecular weight excluding hydrogens is 454 g/mol. The van der Waals surface area contributed by atoms with Gasteiger partial charge in [0.15, 0.2) is 5.54 Å². The molecule has 3 unspecified atom stereocenters. The summed E-state index contributed by atoms with van der Waals surface area (Å²) >= 11 is 1.78. The zero-order valence-corrected chi connectivity index (χ0v) is 23.4. The summed E-state index contributed by atoms with van der Waals surface area (Å²) in [6, 6.07) is 11.6. The first-order valence-electron chi connectivity index (χ1n) is 13.5. The highest BCUT2D eigenvalue weighted by atomic mass is 32.2. The first kappa shape index (κ1) is 28.0. The lowest BCUT2D eigenvalue weighted by Gasteiger charge is -2.41. The van der Waals surface area contributed by atoms with Crippen LogP contribution in [0.1, 0.15) is 63.9 Å². The molecule has 6 heteroatoms. The van der Waals surface area contributed by atoms with Gasteiger partial charge in [0, 0.05) is 12.6 Å². The fourth-order valence-electron chi connectivity index (χ4n) is 6.38. The Labute approximate surface area is 218 Å². The Morgan fingerprint density at radius 3 is 2.54 bits per heavy atom. The quantitative estimate of drug-likeness (QED) is 0.332. The molecule has 3 rings (SSSR count). The van der Waals surface area contributed by atoms with Gasteiger partial charge >= 0.3 is 5.97 Å². The van der Waals surface area contributed by atoms with E-state index < -0.39 is 5.54 Å². The molecule has 3 atom stereocenters. The molecule has 1 aromatic rings.